The van der Waals surface area contributed by atoms with Gasteiger partial charge in [-0.3, -0.25) is 4.79 Å². The lowest BCUT2D eigenvalue weighted by Gasteiger charge is -2.07. The molecule has 0 spiro atoms. The van der Waals surface area contributed by atoms with Crippen LogP contribution in [0.3, 0.4) is 0 Å². The molecule has 1 aromatic carbocycles. The highest BCUT2D eigenvalue weighted by Crippen LogP contribution is 2.18. The Morgan fingerprint density at radius 2 is 2.10 bits per heavy atom. The molecule has 0 unspecified atom stereocenters. The van der Waals surface area contributed by atoms with E-state index in [1.807, 2.05) is 24.3 Å². The Kier molecular flexibility index (Phi) is 3.73. The Morgan fingerprint density at radius 3 is 2.75 bits per heavy atom. The van der Waals surface area contributed by atoms with Crippen molar-refractivity contribution in [3.63, 3.8) is 0 Å². The van der Waals surface area contributed by atoms with Gasteiger partial charge in [-0.1, -0.05) is 0 Å². The SMILES string of the molecule is O=C(CCNC1CC1)Nc1ccc(-n2cncn2)cc1. The highest BCUT2D eigenvalue weighted by atomic mass is 16.1. The molecule has 1 aromatic heterocycles. The number of hydrogen-bond acceptors (Lipinski definition) is 4. The van der Waals surface area contributed by atoms with Gasteiger partial charge in [0.1, 0.15) is 12.7 Å². The molecule has 0 atom stereocenters. The van der Waals surface area contributed by atoms with Crippen molar-refractivity contribution < 1.29 is 4.79 Å². The van der Waals surface area contributed by atoms with Gasteiger partial charge in [0.05, 0.1) is 5.69 Å². The molecule has 20 heavy (non-hydrogen) atoms. The molecule has 2 aromatic rings. The standard InChI is InChI=1S/C14H17N5O/c20-14(7-8-16-11-1-2-11)18-12-3-5-13(6-4-12)19-10-15-9-17-19/h3-6,9-11,16H,1-2,7-8H2,(H,18,20). The number of aromatic nitrogens is 3. The molecule has 0 aliphatic heterocycles. The Hall–Kier alpha value is -2.21. The second kappa shape index (κ2) is 5.83. The van der Waals surface area contributed by atoms with E-state index in [0.29, 0.717) is 12.5 Å². The van der Waals surface area contributed by atoms with Gasteiger partial charge in [0, 0.05) is 24.7 Å². The summed E-state index contributed by atoms with van der Waals surface area (Å²) in [7, 11) is 0. The summed E-state index contributed by atoms with van der Waals surface area (Å²) in [6, 6.07) is 8.16. The summed E-state index contributed by atoms with van der Waals surface area (Å²) in [5.74, 6) is 0.0339. The van der Waals surface area contributed by atoms with Gasteiger partial charge in [-0.05, 0) is 37.1 Å². The van der Waals surface area contributed by atoms with E-state index in [0.717, 1.165) is 17.9 Å². The summed E-state index contributed by atoms with van der Waals surface area (Å²) < 4.78 is 1.67. The number of anilines is 1. The third-order valence-corrected chi connectivity index (χ3v) is 3.20. The molecule has 1 fully saturated rings. The number of rotatable bonds is 6. The number of amides is 1. The number of nitrogens with zero attached hydrogens (tertiary/aromatic N) is 3. The lowest BCUT2D eigenvalue weighted by atomic mass is 10.2. The fourth-order valence-electron chi connectivity index (χ4n) is 1.94. The minimum Gasteiger partial charge on any atom is -0.326 e. The average molecular weight is 271 g/mol. The third kappa shape index (κ3) is 3.42. The van der Waals surface area contributed by atoms with Crippen molar-refractivity contribution in [3.8, 4) is 5.69 Å². The molecule has 1 heterocycles. The fraction of sp³-hybridized carbons (Fsp3) is 0.357. The second-order valence-electron chi connectivity index (χ2n) is 4.91. The molecule has 104 valence electrons. The normalized spacial score (nSPS) is 14.2. The van der Waals surface area contributed by atoms with Crippen LogP contribution >= 0.6 is 0 Å². The maximum atomic E-state index is 11.7. The van der Waals surface area contributed by atoms with Crippen LogP contribution in [0.5, 0.6) is 0 Å². The highest BCUT2D eigenvalue weighted by Gasteiger charge is 2.20. The van der Waals surface area contributed by atoms with E-state index >= 15 is 0 Å². The molecule has 0 saturated heterocycles. The molecule has 2 N–H and O–H groups in total. The van der Waals surface area contributed by atoms with E-state index < -0.39 is 0 Å². The highest BCUT2D eigenvalue weighted by molar-refractivity contribution is 5.90. The Balaban J connectivity index is 1.50. The first-order valence-corrected chi connectivity index (χ1v) is 6.79. The third-order valence-electron chi connectivity index (χ3n) is 3.20. The summed E-state index contributed by atoms with van der Waals surface area (Å²) >= 11 is 0. The van der Waals surface area contributed by atoms with Crippen LogP contribution in [0.1, 0.15) is 19.3 Å². The molecule has 6 heteroatoms. The minimum atomic E-state index is 0.0339. The maximum Gasteiger partial charge on any atom is 0.225 e. The van der Waals surface area contributed by atoms with Crippen LogP contribution in [-0.4, -0.2) is 33.3 Å². The van der Waals surface area contributed by atoms with Gasteiger partial charge in [0.25, 0.3) is 0 Å². The predicted molar refractivity (Wildman–Crippen MR) is 75.6 cm³/mol. The largest absolute Gasteiger partial charge is 0.326 e. The van der Waals surface area contributed by atoms with E-state index in [2.05, 4.69) is 20.7 Å². The van der Waals surface area contributed by atoms with Crippen molar-refractivity contribution in [1.82, 2.24) is 20.1 Å². The lowest BCUT2D eigenvalue weighted by molar-refractivity contribution is -0.116. The van der Waals surface area contributed by atoms with Gasteiger partial charge in [-0.2, -0.15) is 5.10 Å². The van der Waals surface area contributed by atoms with Crippen molar-refractivity contribution in [2.24, 2.45) is 0 Å². The van der Waals surface area contributed by atoms with Gasteiger partial charge in [-0.25, -0.2) is 9.67 Å². The van der Waals surface area contributed by atoms with Crippen LogP contribution in [0.15, 0.2) is 36.9 Å². The molecule has 3 rings (SSSR count). The van der Waals surface area contributed by atoms with Crippen molar-refractivity contribution in [1.29, 1.82) is 0 Å². The number of carbonyl (C=O) groups excluding carboxylic acids is 1. The smallest absolute Gasteiger partial charge is 0.225 e. The van der Waals surface area contributed by atoms with Crippen LogP contribution in [-0.2, 0) is 4.79 Å². The van der Waals surface area contributed by atoms with Crippen molar-refractivity contribution in [2.75, 3.05) is 11.9 Å². The maximum absolute atomic E-state index is 11.7. The van der Waals surface area contributed by atoms with E-state index in [4.69, 9.17) is 0 Å². The van der Waals surface area contributed by atoms with E-state index in [-0.39, 0.29) is 5.91 Å². The minimum absolute atomic E-state index is 0.0339. The van der Waals surface area contributed by atoms with Gasteiger partial charge >= 0.3 is 0 Å². The first-order chi connectivity index (χ1) is 9.81. The summed E-state index contributed by atoms with van der Waals surface area (Å²) in [6.07, 6.45) is 6.11. The zero-order valence-electron chi connectivity index (χ0n) is 11.1. The first-order valence-electron chi connectivity index (χ1n) is 6.79. The van der Waals surface area contributed by atoms with Crippen LogP contribution in [0.2, 0.25) is 0 Å². The fourth-order valence-corrected chi connectivity index (χ4v) is 1.94. The average Bonchev–Trinajstić information content (AvgIpc) is 3.11. The van der Waals surface area contributed by atoms with Crippen molar-refractivity contribution in [2.45, 2.75) is 25.3 Å². The molecule has 1 saturated carbocycles. The van der Waals surface area contributed by atoms with E-state index in [1.165, 1.54) is 19.2 Å². The van der Waals surface area contributed by atoms with Gasteiger partial charge in [0.15, 0.2) is 0 Å². The predicted octanol–water partition coefficient (Wildman–Crippen LogP) is 1.35. The zero-order valence-corrected chi connectivity index (χ0v) is 11.1. The Labute approximate surface area is 117 Å². The van der Waals surface area contributed by atoms with E-state index in [9.17, 15) is 4.79 Å². The number of carbonyl (C=O) groups is 1. The zero-order chi connectivity index (χ0) is 13.8. The van der Waals surface area contributed by atoms with E-state index in [1.54, 1.807) is 11.0 Å². The molecule has 0 radical (unpaired) electrons. The molecular formula is C14H17N5O. The van der Waals surface area contributed by atoms with Crippen LogP contribution in [0.4, 0.5) is 5.69 Å². The first kappa shape index (κ1) is 12.8. The molecule has 6 nitrogen and oxygen atoms in total. The summed E-state index contributed by atoms with van der Waals surface area (Å²) in [5.41, 5.74) is 1.71. The van der Waals surface area contributed by atoms with Crippen LogP contribution < -0.4 is 10.6 Å². The Bertz CT molecular complexity index is 560. The van der Waals surface area contributed by atoms with Gasteiger partial charge < -0.3 is 10.6 Å². The van der Waals surface area contributed by atoms with Gasteiger partial charge in [0.2, 0.25) is 5.91 Å². The van der Waals surface area contributed by atoms with Crippen LogP contribution in [0.25, 0.3) is 5.69 Å². The number of benzene rings is 1. The van der Waals surface area contributed by atoms with Crippen molar-refractivity contribution >= 4 is 11.6 Å². The number of nitrogens with one attached hydrogen (secondary N) is 2. The topological polar surface area (TPSA) is 71.8 Å². The lowest BCUT2D eigenvalue weighted by Crippen LogP contribution is -2.23. The summed E-state index contributed by atoms with van der Waals surface area (Å²) in [4.78, 5) is 15.6. The molecule has 1 aliphatic carbocycles. The molecule has 0 bridgehead atoms. The monoisotopic (exact) mass is 271 g/mol. The number of hydrogen-bond donors (Lipinski definition) is 2. The summed E-state index contributed by atoms with van der Waals surface area (Å²) in [5, 5.41) is 10.3. The quantitative estimate of drug-likeness (QED) is 0.832. The van der Waals surface area contributed by atoms with Gasteiger partial charge in [-0.15, -0.1) is 0 Å². The molecular weight excluding hydrogens is 254 g/mol. The summed E-state index contributed by atoms with van der Waals surface area (Å²) in [6.45, 7) is 0.744. The second-order valence-corrected chi connectivity index (χ2v) is 4.91. The molecule has 1 amide bonds. The van der Waals surface area contributed by atoms with Crippen LogP contribution in [0, 0.1) is 0 Å². The molecule has 1 aliphatic rings. The Morgan fingerprint density at radius 1 is 1.30 bits per heavy atom. The van der Waals surface area contributed by atoms with Crippen molar-refractivity contribution in [3.05, 3.63) is 36.9 Å².